The molecule has 3 aromatic rings. The highest BCUT2D eigenvalue weighted by Gasteiger charge is 2.21. The first-order valence-electron chi connectivity index (χ1n) is 6.54. The van der Waals surface area contributed by atoms with Crippen LogP contribution in [0.25, 0.3) is 11.1 Å². The summed E-state index contributed by atoms with van der Waals surface area (Å²) in [5, 5.41) is 11.8. The van der Waals surface area contributed by atoms with Crippen LogP contribution in [0.3, 0.4) is 0 Å². The summed E-state index contributed by atoms with van der Waals surface area (Å²) in [5.74, 6) is -1.58. The van der Waals surface area contributed by atoms with E-state index < -0.39 is 11.7 Å². The van der Waals surface area contributed by atoms with Gasteiger partial charge in [-0.2, -0.15) is 0 Å². The van der Waals surface area contributed by atoms with Crippen LogP contribution in [0.1, 0.15) is 15.9 Å². The summed E-state index contributed by atoms with van der Waals surface area (Å²) in [6, 6.07) is 6.88. The van der Waals surface area contributed by atoms with Gasteiger partial charge in [0.25, 0.3) is 5.91 Å². The van der Waals surface area contributed by atoms with Crippen LogP contribution in [0, 0.1) is 16.3 Å². The molecule has 0 saturated carbocycles. The lowest BCUT2D eigenvalue weighted by Crippen LogP contribution is -2.20. The maximum absolute atomic E-state index is 14.7. The number of anilines is 2. The second kappa shape index (κ2) is 6.13. The number of nitrogens with one attached hydrogen (secondary N) is 2. The number of carbonyl (C=O) groups is 1. The van der Waals surface area contributed by atoms with Crippen molar-refractivity contribution in [1.82, 2.24) is 10.5 Å². The molecule has 1 aromatic heterocycles. The standard InChI is InChI=1S/C15H11FIN3O3/c1-7-4-8(17)2-3-10(7)19-13-9(15(21)20-22)5-11-14(12(13)16)18-6-23-11/h2-6,19,22H,1H3,(H,20,21). The zero-order valence-corrected chi connectivity index (χ0v) is 14.0. The van der Waals surface area contributed by atoms with Gasteiger partial charge in [-0.1, -0.05) is 0 Å². The minimum absolute atomic E-state index is 0.00477. The largest absolute Gasteiger partial charge is 0.443 e. The number of fused-ring (bicyclic) bond motifs is 1. The Hall–Kier alpha value is -2.20. The molecule has 8 heteroatoms. The Labute approximate surface area is 143 Å². The predicted octanol–water partition coefficient (Wildman–Crippen LogP) is 3.74. The number of nitrogens with zero attached hydrogens (tertiary/aromatic N) is 1. The van der Waals surface area contributed by atoms with E-state index in [1.807, 2.05) is 19.1 Å². The number of benzene rings is 2. The highest BCUT2D eigenvalue weighted by Crippen LogP contribution is 2.32. The molecule has 118 valence electrons. The Morgan fingerprint density at radius 2 is 2.17 bits per heavy atom. The van der Waals surface area contributed by atoms with Crippen LogP contribution in [0.5, 0.6) is 0 Å². The Kier molecular flexibility index (Phi) is 4.18. The van der Waals surface area contributed by atoms with Crippen molar-refractivity contribution < 1.29 is 18.8 Å². The van der Waals surface area contributed by atoms with E-state index in [1.54, 1.807) is 6.07 Å². The summed E-state index contributed by atoms with van der Waals surface area (Å²) in [7, 11) is 0. The first-order chi connectivity index (χ1) is 11.0. The predicted molar refractivity (Wildman–Crippen MR) is 90.4 cm³/mol. The zero-order valence-electron chi connectivity index (χ0n) is 11.9. The maximum atomic E-state index is 14.7. The summed E-state index contributed by atoms with van der Waals surface area (Å²) in [6.07, 6.45) is 1.09. The van der Waals surface area contributed by atoms with E-state index in [0.29, 0.717) is 5.69 Å². The van der Waals surface area contributed by atoms with Crippen LogP contribution < -0.4 is 10.8 Å². The molecular formula is C15H11FIN3O3. The van der Waals surface area contributed by atoms with Crippen molar-refractivity contribution in [2.45, 2.75) is 6.92 Å². The smallest absolute Gasteiger partial charge is 0.276 e. The molecule has 3 rings (SSSR count). The van der Waals surface area contributed by atoms with Gasteiger partial charge in [-0.05, 0) is 59.3 Å². The molecule has 6 nitrogen and oxygen atoms in total. The van der Waals surface area contributed by atoms with E-state index in [9.17, 15) is 9.18 Å². The highest BCUT2D eigenvalue weighted by atomic mass is 127. The number of rotatable bonds is 3. The quantitative estimate of drug-likeness (QED) is 0.337. The maximum Gasteiger partial charge on any atom is 0.276 e. The van der Waals surface area contributed by atoms with Crippen LogP contribution >= 0.6 is 22.6 Å². The lowest BCUT2D eigenvalue weighted by Gasteiger charge is -2.14. The van der Waals surface area contributed by atoms with E-state index in [2.05, 4.69) is 32.9 Å². The van der Waals surface area contributed by atoms with Gasteiger partial charge in [0.1, 0.15) is 5.52 Å². The molecule has 0 aliphatic rings. The number of aryl methyl sites for hydroxylation is 1. The average Bonchev–Trinajstić information content (AvgIpc) is 3.00. The number of hydrogen-bond donors (Lipinski definition) is 3. The van der Waals surface area contributed by atoms with Crippen molar-refractivity contribution in [1.29, 1.82) is 0 Å². The van der Waals surface area contributed by atoms with Crippen molar-refractivity contribution >= 4 is 51.0 Å². The fourth-order valence-electron chi connectivity index (χ4n) is 2.23. The lowest BCUT2D eigenvalue weighted by atomic mass is 10.1. The minimum atomic E-state index is -0.854. The zero-order chi connectivity index (χ0) is 16.6. The number of amides is 1. The Morgan fingerprint density at radius 3 is 2.87 bits per heavy atom. The Bertz CT molecular complexity index is 910. The summed E-state index contributed by atoms with van der Waals surface area (Å²) in [5.41, 5.74) is 2.98. The molecule has 23 heavy (non-hydrogen) atoms. The van der Waals surface area contributed by atoms with Crippen LogP contribution in [0.4, 0.5) is 15.8 Å². The topological polar surface area (TPSA) is 87.4 Å². The molecule has 0 unspecified atom stereocenters. The Morgan fingerprint density at radius 1 is 1.39 bits per heavy atom. The molecule has 0 bridgehead atoms. The molecule has 0 radical (unpaired) electrons. The molecule has 0 saturated heterocycles. The molecule has 0 atom stereocenters. The van der Waals surface area contributed by atoms with Crippen LogP contribution in [0.15, 0.2) is 35.1 Å². The molecule has 3 N–H and O–H groups in total. The second-order valence-corrected chi connectivity index (χ2v) is 6.08. The van der Waals surface area contributed by atoms with Gasteiger partial charge in [0.05, 0.1) is 11.3 Å². The van der Waals surface area contributed by atoms with Gasteiger partial charge in [-0.3, -0.25) is 10.0 Å². The monoisotopic (exact) mass is 427 g/mol. The second-order valence-electron chi connectivity index (χ2n) is 4.84. The fourth-order valence-corrected chi connectivity index (χ4v) is 2.87. The number of halogens is 2. The summed E-state index contributed by atoms with van der Waals surface area (Å²) in [4.78, 5) is 15.7. The molecule has 0 fully saturated rings. The summed E-state index contributed by atoms with van der Waals surface area (Å²) in [6.45, 7) is 1.86. The number of hydrogen-bond acceptors (Lipinski definition) is 5. The van der Waals surface area contributed by atoms with Crippen molar-refractivity contribution in [2.75, 3.05) is 5.32 Å². The van der Waals surface area contributed by atoms with Gasteiger partial charge in [0, 0.05) is 9.26 Å². The van der Waals surface area contributed by atoms with Crippen molar-refractivity contribution in [3.8, 4) is 0 Å². The SMILES string of the molecule is Cc1cc(I)ccc1Nc1c(C(=O)NO)cc2ocnc2c1F. The highest BCUT2D eigenvalue weighted by molar-refractivity contribution is 14.1. The third-order valence-corrected chi connectivity index (χ3v) is 4.03. The van der Waals surface area contributed by atoms with Gasteiger partial charge in [-0.15, -0.1) is 0 Å². The molecule has 0 aliphatic carbocycles. The van der Waals surface area contributed by atoms with Gasteiger partial charge in [0.15, 0.2) is 17.8 Å². The summed E-state index contributed by atoms with van der Waals surface area (Å²) >= 11 is 2.17. The molecule has 1 heterocycles. The molecule has 1 amide bonds. The van der Waals surface area contributed by atoms with Gasteiger partial charge in [-0.25, -0.2) is 14.9 Å². The Balaban J connectivity index is 2.17. The number of hydroxylamine groups is 1. The summed E-state index contributed by atoms with van der Waals surface area (Å²) < 4.78 is 20.8. The first kappa shape index (κ1) is 15.7. The van der Waals surface area contributed by atoms with Crippen LogP contribution in [-0.2, 0) is 0 Å². The fraction of sp³-hybridized carbons (Fsp3) is 0.0667. The normalized spacial score (nSPS) is 10.8. The third-order valence-electron chi connectivity index (χ3n) is 3.36. The van der Waals surface area contributed by atoms with Crippen LogP contribution in [-0.4, -0.2) is 16.1 Å². The number of aromatic nitrogens is 1. The lowest BCUT2D eigenvalue weighted by molar-refractivity contribution is 0.0707. The van der Waals surface area contributed by atoms with Crippen LogP contribution in [0.2, 0.25) is 0 Å². The van der Waals surface area contributed by atoms with E-state index in [4.69, 9.17) is 9.62 Å². The molecule has 0 aliphatic heterocycles. The average molecular weight is 427 g/mol. The van der Waals surface area contributed by atoms with Crippen molar-refractivity contribution in [2.24, 2.45) is 0 Å². The third kappa shape index (κ3) is 2.86. The van der Waals surface area contributed by atoms with Crippen molar-refractivity contribution in [3.63, 3.8) is 0 Å². The van der Waals surface area contributed by atoms with E-state index in [0.717, 1.165) is 15.5 Å². The van der Waals surface area contributed by atoms with E-state index in [-0.39, 0.29) is 22.4 Å². The molecule has 2 aromatic carbocycles. The van der Waals surface area contributed by atoms with E-state index in [1.165, 1.54) is 11.5 Å². The van der Waals surface area contributed by atoms with Gasteiger partial charge >= 0.3 is 0 Å². The minimum Gasteiger partial charge on any atom is -0.443 e. The number of oxazole rings is 1. The van der Waals surface area contributed by atoms with Gasteiger partial charge < -0.3 is 9.73 Å². The molecular weight excluding hydrogens is 416 g/mol. The van der Waals surface area contributed by atoms with Crippen molar-refractivity contribution in [3.05, 3.63) is 51.2 Å². The first-order valence-corrected chi connectivity index (χ1v) is 7.62. The van der Waals surface area contributed by atoms with Gasteiger partial charge in [0.2, 0.25) is 0 Å². The number of carbonyl (C=O) groups excluding carboxylic acids is 1. The molecule has 0 spiro atoms. The van der Waals surface area contributed by atoms with E-state index >= 15 is 0 Å².